The molecule has 0 heterocycles. The molecule has 0 aliphatic carbocycles. The number of nitrogens with zero attached hydrogens (tertiary/aromatic N) is 1. The molecule has 2 N–H and O–H groups in total. The van der Waals surface area contributed by atoms with Crippen LogP contribution in [0.25, 0.3) is 0 Å². The Balaban J connectivity index is 2.30. The average Bonchev–Trinajstić information content (AvgIpc) is 2.49. The lowest BCUT2D eigenvalue weighted by Crippen LogP contribution is -2.34. The summed E-state index contributed by atoms with van der Waals surface area (Å²) in [6, 6.07) is 10.3. The van der Waals surface area contributed by atoms with Crippen molar-refractivity contribution in [3.05, 3.63) is 65.7 Å². The molecule has 0 saturated carbocycles. The van der Waals surface area contributed by atoms with Crippen molar-refractivity contribution in [1.29, 1.82) is 0 Å². The van der Waals surface area contributed by atoms with Crippen molar-refractivity contribution in [2.24, 2.45) is 5.73 Å². The minimum Gasteiger partial charge on any atom is -0.370 e. The van der Waals surface area contributed by atoms with Gasteiger partial charge in [-0.25, -0.2) is 8.78 Å². The van der Waals surface area contributed by atoms with Gasteiger partial charge in [0.15, 0.2) is 0 Å². The number of amides is 2. The second kappa shape index (κ2) is 6.80. The van der Waals surface area contributed by atoms with E-state index in [1.807, 2.05) is 0 Å². The van der Waals surface area contributed by atoms with Gasteiger partial charge in [0.05, 0.1) is 0 Å². The molecule has 0 atom stereocenters. The van der Waals surface area contributed by atoms with Gasteiger partial charge in [-0.1, -0.05) is 0 Å². The van der Waals surface area contributed by atoms with E-state index in [-0.39, 0.29) is 18.5 Å². The number of halogens is 2. The molecule has 22 heavy (non-hydrogen) atoms. The van der Waals surface area contributed by atoms with E-state index in [0.717, 1.165) is 0 Å². The quantitative estimate of drug-likeness (QED) is 0.922. The average molecular weight is 304 g/mol. The zero-order valence-corrected chi connectivity index (χ0v) is 11.6. The minimum absolute atomic E-state index is 0.0374. The SMILES string of the molecule is NC(=O)CCN(C(=O)c1ccc(F)cc1)c1ccc(F)cc1. The highest BCUT2D eigenvalue weighted by atomic mass is 19.1. The third-order valence-corrected chi connectivity index (χ3v) is 3.06. The summed E-state index contributed by atoms with van der Waals surface area (Å²) in [6.07, 6.45) is -0.0374. The van der Waals surface area contributed by atoms with Gasteiger partial charge in [0.2, 0.25) is 5.91 Å². The maximum Gasteiger partial charge on any atom is 0.258 e. The highest BCUT2D eigenvalue weighted by Crippen LogP contribution is 2.18. The summed E-state index contributed by atoms with van der Waals surface area (Å²) < 4.78 is 26.0. The maximum absolute atomic E-state index is 13.0. The minimum atomic E-state index is -0.556. The molecule has 6 heteroatoms. The maximum atomic E-state index is 13.0. The Labute approximate surface area is 126 Å². The Kier molecular flexibility index (Phi) is 4.83. The Morgan fingerprint density at radius 2 is 1.41 bits per heavy atom. The van der Waals surface area contributed by atoms with Crippen molar-refractivity contribution in [2.45, 2.75) is 6.42 Å². The van der Waals surface area contributed by atoms with Crippen LogP contribution >= 0.6 is 0 Å². The van der Waals surface area contributed by atoms with Gasteiger partial charge in [0, 0.05) is 24.2 Å². The molecule has 0 spiro atoms. The number of benzene rings is 2. The van der Waals surface area contributed by atoms with E-state index in [2.05, 4.69) is 0 Å². The Morgan fingerprint density at radius 1 is 0.909 bits per heavy atom. The predicted molar refractivity (Wildman–Crippen MR) is 78.3 cm³/mol. The molecule has 4 nitrogen and oxygen atoms in total. The van der Waals surface area contributed by atoms with Gasteiger partial charge >= 0.3 is 0 Å². The first-order valence-electron chi connectivity index (χ1n) is 6.58. The number of nitrogens with two attached hydrogens (primary N) is 1. The molecule has 0 radical (unpaired) electrons. The molecule has 2 aromatic carbocycles. The molecule has 0 saturated heterocycles. The molecule has 2 rings (SSSR count). The van der Waals surface area contributed by atoms with E-state index < -0.39 is 23.4 Å². The van der Waals surface area contributed by atoms with Crippen molar-refractivity contribution in [3.63, 3.8) is 0 Å². The summed E-state index contributed by atoms with van der Waals surface area (Å²) in [6.45, 7) is 0.0528. The molecule has 2 amide bonds. The predicted octanol–water partition coefficient (Wildman–Crippen LogP) is 2.49. The zero-order valence-electron chi connectivity index (χ0n) is 11.6. The topological polar surface area (TPSA) is 63.4 Å². The second-order valence-corrected chi connectivity index (χ2v) is 4.66. The Morgan fingerprint density at radius 3 is 1.91 bits per heavy atom. The monoisotopic (exact) mass is 304 g/mol. The van der Waals surface area contributed by atoms with Crippen molar-refractivity contribution < 1.29 is 18.4 Å². The summed E-state index contributed by atoms with van der Waals surface area (Å²) in [5, 5.41) is 0. The fourth-order valence-electron chi connectivity index (χ4n) is 1.94. The summed E-state index contributed by atoms with van der Waals surface area (Å²) in [4.78, 5) is 24.8. The number of carbonyl (C=O) groups is 2. The van der Waals surface area contributed by atoms with E-state index in [1.54, 1.807) is 0 Å². The van der Waals surface area contributed by atoms with E-state index in [9.17, 15) is 18.4 Å². The van der Waals surface area contributed by atoms with Crippen LogP contribution in [0.1, 0.15) is 16.8 Å². The summed E-state index contributed by atoms with van der Waals surface area (Å²) in [5.74, 6) is -1.87. The number of anilines is 1. The van der Waals surface area contributed by atoms with Gasteiger partial charge in [0.25, 0.3) is 5.91 Å². The van der Waals surface area contributed by atoms with Crippen LogP contribution in [0.5, 0.6) is 0 Å². The number of hydrogen-bond acceptors (Lipinski definition) is 2. The highest BCUT2D eigenvalue weighted by molar-refractivity contribution is 6.06. The molecule has 0 aromatic heterocycles. The Bertz CT molecular complexity index is 670. The van der Waals surface area contributed by atoms with Crippen molar-refractivity contribution in [2.75, 3.05) is 11.4 Å². The van der Waals surface area contributed by atoms with E-state index in [0.29, 0.717) is 5.69 Å². The van der Waals surface area contributed by atoms with Gasteiger partial charge in [0.1, 0.15) is 11.6 Å². The van der Waals surface area contributed by atoms with Crippen LogP contribution in [0.2, 0.25) is 0 Å². The summed E-state index contributed by atoms with van der Waals surface area (Å²) >= 11 is 0. The fourth-order valence-corrected chi connectivity index (χ4v) is 1.94. The van der Waals surface area contributed by atoms with Gasteiger partial charge < -0.3 is 10.6 Å². The van der Waals surface area contributed by atoms with E-state index in [4.69, 9.17) is 5.73 Å². The normalized spacial score (nSPS) is 10.3. The smallest absolute Gasteiger partial charge is 0.258 e. The lowest BCUT2D eigenvalue weighted by atomic mass is 10.1. The van der Waals surface area contributed by atoms with Gasteiger partial charge in [-0.15, -0.1) is 0 Å². The number of hydrogen-bond donors (Lipinski definition) is 1. The first-order chi connectivity index (χ1) is 10.5. The third kappa shape index (κ3) is 3.88. The second-order valence-electron chi connectivity index (χ2n) is 4.66. The van der Waals surface area contributed by atoms with Crippen LogP contribution in [-0.2, 0) is 4.79 Å². The van der Waals surface area contributed by atoms with Crippen LogP contribution < -0.4 is 10.6 Å². The lowest BCUT2D eigenvalue weighted by Gasteiger charge is -2.22. The van der Waals surface area contributed by atoms with Crippen LogP contribution in [0.4, 0.5) is 14.5 Å². The van der Waals surface area contributed by atoms with Crippen molar-refractivity contribution in [3.8, 4) is 0 Å². The van der Waals surface area contributed by atoms with Crippen LogP contribution in [0.15, 0.2) is 48.5 Å². The van der Waals surface area contributed by atoms with E-state index in [1.165, 1.54) is 53.4 Å². The number of primary amides is 1. The number of carbonyl (C=O) groups excluding carboxylic acids is 2. The van der Waals surface area contributed by atoms with Gasteiger partial charge in [-0.3, -0.25) is 9.59 Å². The molecule has 0 fully saturated rings. The number of rotatable bonds is 5. The first kappa shape index (κ1) is 15.6. The first-order valence-corrected chi connectivity index (χ1v) is 6.58. The Hall–Kier alpha value is -2.76. The fraction of sp³-hybridized carbons (Fsp3) is 0.125. The molecule has 0 unspecified atom stereocenters. The zero-order chi connectivity index (χ0) is 16.1. The highest BCUT2D eigenvalue weighted by Gasteiger charge is 2.18. The van der Waals surface area contributed by atoms with Crippen molar-refractivity contribution >= 4 is 17.5 Å². The largest absolute Gasteiger partial charge is 0.370 e. The summed E-state index contributed by atoms with van der Waals surface area (Å²) in [5.41, 5.74) is 5.80. The lowest BCUT2D eigenvalue weighted by molar-refractivity contribution is -0.117. The van der Waals surface area contributed by atoms with Crippen LogP contribution in [-0.4, -0.2) is 18.4 Å². The van der Waals surface area contributed by atoms with Crippen LogP contribution in [0.3, 0.4) is 0 Å². The van der Waals surface area contributed by atoms with E-state index >= 15 is 0 Å². The summed E-state index contributed by atoms with van der Waals surface area (Å²) in [7, 11) is 0. The standard InChI is InChI=1S/C16H14F2N2O2/c17-12-3-1-11(2-4-12)16(22)20(10-9-15(19)21)14-7-5-13(18)6-8-14/h1-8H,9-10H2,(H2,19,21). The molecular weight excluding hydrogens is 290 g/mol. The van der Waals surface area contributed by atoms with Gasteiger partial charge in [-0.05, 0) is 48.5 Å². The van der Waals surface area contributed by atoms with Crippen LogP contribution in [0, 0.1) is 11.6 Å². The van der Waals surface area contributed by atoms with Gasteiger partial charge in [-0.2, -0.15) is 0 Å². The molecule has 0 aliphatic heterocycles. The van der Waals surface area contributed by atoms with Crippen molar-refractivity contribution in [1.82, 2.24) is 0 Å². The molecular formula is C16H14F2N2O2. The molecule has 0 aliphatic rings. The molecule has 2 aromatic rings. The molecule has 0 bridgehead atoms. The molecule has 114 valence electrons. The third-order valence-electron chi connectivity index (χ3n) is 3.06.